The maximum absolute atomic E-state index is 13.8. The van der Waals surface area contributed by atoms with Gasteiger partial charge in [-0.1, -0.05) is 65.9 Å². The first-order chi connectivity index (χ1) is 17.4. The average Bonchev–Trinajstić information content (AvgIpc) is 3.17. The molecule has 0 saturated carbocycles. The number of nitrogens with zero attached hydrogens (tertiary/aromatic N) is 2. The van der Waals surface area contributed by atoms with E-state index in [0.29, 0.717) is 26.3 Å². The Kier molecular flexibility index (Phi) is 6.12. The number of esters is 2. The molecule has 8 heteroatoms. The summed E-state index contributed by atoms with van der Waals surface area (Å²) >= 11 is 1.27. The standard InChI is InChI=1S/C28H22N2O5S/c1-16-24(27(33)34-3)25(19-11-13-21(14-12-19)35-17(2)31)30-26(32)23(36-28(30)29-16)15-20-9-6-8-18-7-4-5-10-22(18)20/h4-15,25H,1-3H3/b23-15+/t25-/m1/s1. The van der Waals surface area contributed by atoms with Gasteiger partial charge in [-0.3, -0.25) is 14.2 Å². The molecule has 3 aromatic carbocycles. The molecular formula is C28H22N2O5S. The van der Waals surface area contributed by atoms with Crippen LogP contribution < -0.4 is 19.6 Å². The lowest BCUT2D eigenvalue weighted by Crippen LogP contribution is -2.39. The molecule has 0 aliphatic carbocycles. The fourth-order valence-electron chi connectivity index (χ4n) is 4.41. The topological polar surface area (TPSA) is 87.0 Å². The van der Waals surface area contributed by atoms with Crippen LogP contribution in [-0.4, -0.2) is 23.6 Å². The Hall–Kier alpha value is -4.30. The van der Waals surface area contributed by atoms with Crippen LogP contribution in [0.15, 0.2) is 87.8 Å². The number of allylic oxidation sites excluding steroid dienone is 1. The van der Waals surface area contributed by atoms with Crippen LogP contribution >= 0.6 is 11.3 Å². The van der Waals surface area contributed by atoms with E-state index in [2.05, 4.69) is 4.99 Å². The van der Waals surface area contributed by atoms with Crippen molar-refractivity contribution in [3.05, 3.63) is 109 Å². The van der Waals surface area contributed by atoms with Crippen molar-refractivity contribution in [3.63, 3.8) is 0 Å². The van der Waals surface area contributed by atoms with E-state index >= 15 is 0 Å². The minimum absolute atomic E-state index is 0.255. The maximum Gasteiger partial charge on any atom is 0.338 e. The monoisotopic (exact) mass is 498 g/mol. The average molecular weight is 499 g/mol. The van der Waals surface area contributed by atoms with Crippen molar-refractivity contribution in [1.29, 1.82) is 0 Å². The number of rotatable bonds is 4. The van der Waals surface area contributed by atoms with Gasteiger partial charge in [0.15, 0.2) is 4.80 Å². The number of thiazole rings is 1. The van der Waals surface area contributed by atoms with Crippen LogP contribution in [0.25, 0.3) is 16.8 Å². The largest absolute Gasteiger partial charge is 0.466 e. The highest BCUT2D eigenvalue weighted by Crippen LogP contribution is 2.31. The molecule has 1 atom stereocenters. The second-order valence-electron chi connectivity index (χ2n) is 8.30. The SMILES string of the molecule is COC(=O)C1=C(C)N=c2s/c(=C/c3cccc4ccccc34)c(=O)n2[C@@H]1c1ccc(OC(C)=O)cc1. The molecule has 0 saturated heterocycles. The molecule has 0 spiro atoms. The van der Waals surface area contributed by atoms with E-state index in [0.717, 1.165) is 16.3 Å². The molecule has 36 heavy (non-hydrogen) atoms. The van der Waals surface area contributed by atoms with Gasteiger partial charge in [-0.25, -0.2) is 9.79 Å². The van der Waals surface area contributed by atoms with Crippen LogP contribution in [0.5, 0.6) is 5.75 Å². The summed E-state index contributed by atoms with van der Waals surface area (Å²) in [4.78, 5) is 43.0. The number of carbonyl (C=O) groups excluding carboxylic acids is 2. The Morgan fingerprint density at radius 1 is 1.03 bits per heavy atom. The molecule has 5 rings (SSSR count). The third kappa shape index (κ3) is 4.16. The molecule has 7 nitrogen and oxygen atoms in total. The van der Waals surface area contributed by atoms with E-state index < -0.39 is 18.0 Å². The fourth-order valence-corrected chi connectivity index (χ4v) is 5.45. The predicted molar refractivity (Wildman–Crippen MR) is 137 cm³/mol. The Morgan fingerprint density at radius 3 is 2.47 bits per heavy atom. The van der Waals surface area contributed by atoms with Crippen molar-refractivity contribution < 1.29 is 19.1 Å². The van der Waals surface area contributed by atoms with Crippen LogP contribution in [0, 0.1) is 0 Å². The first-order valence-electron chi connectivity index (χ1n) is 11.2. The quantitative estimate of drug-likeness (QED) is 0.318. The van der Waals surface area contributed by atoms with Gasteiger partial charge < -0.3 is 9.47 Å². The predicted octanol–water partition coefficient (Wildman–Crippen LogP) is 3.49. The molecular weight excluding hydrogens is 476 g/mol. The van der Waals surface area contributed by atoms with Gasteiger partial charge in [-0.05, 0) is 47.0 Å². The van der Waals surface area contributed by atoms with Crippen molar-refractivity contribution in [2.45, 2.75) is 19.9 Å². The van der Waals surface area contributed by atoms with E-state index in [1.165, 1.54) is 29.9 Å². The van der Waals surface area contributed by atoms with Gasteiger partial charge in [0.2, 0.25) is 0 Å². The van der Waals surface area contributed by atoms with E-state index in [1.807, 2.05) is 48.5 Å². The molecule has 4 aromatic rings. The van der Waals surface area contributed by atoms with Gasteiger partial charge in [0.05, 0.1) is 29.0 Å². The highest BCUT2D eigenvalue weighted by molar-refractivity contribution is 7.07. The van der Waals surface area contributed by atoms with Gasteiger partial charge in [0, 0.05) is 6.92 Å². The number of methoxy groups -OCH3 is 1. The summed E-state index contributed by atoms with van der Waals surface area (Å²) in [5, 5.41) is 2.11. The van der Waals surface area contributed by atoms with Crippen LogP contribution in [0.2, 0.25) is 0 Å². The smallest absolute Gasteiger partial charge is 0.338 e. The Balaban J connectivity index is 1.71. The van der Waals surface area contributed by atoms with E-state index in [1.54, 1.807) is 31.2 Å². The number of hydrogen-bond donors (Lipinski definition) is 0. The van der Waals surface area contributed by atoms with E-state index in [-0.39, 0.29) is 11.1 Å². The number of hydrogen-bond acceptors (Lipinski definition) is 7. The van der Waals surface area contributed by atoms with E-state index in [4.69, 9.17) is 9.47 Å². The maximum atomic E-state index is 13.8. The minimum atomic E-state index is -0.741. The van der Waals surface area contributed by atoms with Gasteiger partial charge in [-0.15, -0.1) is 0 Å². The summed E-state index contributed by atoms with van der Waals surface area (Å²) in [6.45, 7) is 3.05. The normalized spacial score (nSPS) is 15.4. The molecule has 1 aliphatic heterocycles. The fraction of sp³-hybridized carbons (Fsp3) is 0.143. The second-order valence-corrected chi connectivity index (χ2v) is 9.31. The molecule has 0 bridgehead atoms. The number of aromatic nitrogens is 1. The molecule has 2 heterocycles. The summed E-state index contributed by atoms with van der Waals surface area (Å²) in [7, 11) is 1.30. The Labute approximate surface area is 210 Å². The first kappa shape index (κ1) is 23.4. The van der Waals surface area contributed by atoms with Crippen molar-refractivity contribution in [3.8, 4) is 5.75 Å². The summed E-state index contributed by atoms with van der Waals surface area (Å²) in [6, 6.07) is 19.9. The summed E-state index contributed by atoms with van der Waals surface area (Å²) < 4.78 is 12.2. The number of ether oxygens (including phenoxy) is 2. The molecule has 0 unspecified atom stereocenters. The second kappa shape index (κ2) is 9.39. The lowest BCUT2D eigenvalue weighted by molar-refractivity contribution is -0.136. The number of benzene rings is 3. The zero-order valence-corrected chi connectivity index (χ0v) is 20.7. The zero-order chi connectivity index (χ0) is 25.4. The summed E-state index contributed by atoms with van der Waals surface area (Å²) in [5.74, 6) is -0.626. The van der Waals surface area contributed by atoms with E-state index in [9.17, 15) is 14.4 Å². The molecule has 0 fully saturated rings. The first-order valence-corrected chi connectivity index (χ1v) is 12.1. The molecule has 0 amide bonds. The highest BCUT2D eigenvalue weighted by Gasteiger charge is 2.33. The zero-order valence-electron chi connectivity index (χ0n) is 19.8. The molecule has 1 aromatic heterocycles. The van der Waals surface area contributed by atoms with Crippen molar-refractivity contribution in [2.24, 2.45) is 4.99 Å². The summed E-state index contributed by atoms with van der Waals surface area (Å²) in [5.41, 5.74) is 2.09. The molecule has 180 valence electrons. The van der Waals surface area contributed by atoms with Gasteiger partial charge in [0.1, 0.15) is 5.75 Å². The van der Waals surface area contributed by atoms with Gasteiger partial charge in [0.25, 0.3) is 5.56 Å². The number of carbonyl (C=O) groups is 2. The third-order valence-electron chi connectivity index (χ3n) is 5.99. The van der Waals surface area contributed by atoms with Crippen LogP contribution in [0.4, 0.5) is 0 Å². The van der Waals surface area contributed by atoms with Crippen molar-refractivity contribution in [1.82, 2.24) is 4.57 Å². The van der Waals surface area contributed by atoms with Crippen LogP contribution in [-0.2, 0) is 14.3 Å². The minimum Gasteiger partial charge on any atom is -0.466 e. The van der Waals surface area contributed by atoms with Crippen molar-refractivity contribution >= 4 is 40.1 Å². The third-order valence-corrected chi connectivity index (χ3v) is 6.98. The lowest BCUT2D eigenvalue weighted by atomic mass is 9.96. The van der Waals surface area contributed by atoms with Crippen LogP contribution in [0.1, 0.15) is 31.0 Å². The van der Waals surface area contributed by atoms with Crippen molar-refractivity contribution in [2.75, 3.05) is 7.11 Å². The molecule has 1 aliphatic rings. The highest BCUT2D eigenvalue weighted by atomic mass is 32.1. The van der Waals surface area contributed by atoms with Crippen LogP contribution in [0.3, 0.4) is 0 Å². The molecule has 0 radical (unpaired) electrons. The summed E-state index contributed by atoms with van der Waals surface area (Å²) in [6.07, 6.45) is 1.87. The van der Waals surface area contributed by atoms with Gasteiger partial charge >= 0.3 is 11.9 Å². The Bertz CT molecular complexity index is 1720. The number of fused-ring (bicyclic) bond motifs is 2. The molecule has 0 N–H and O–H groups in total. The Morgan fingerprint density at radius 2 is 1.75 bits per heavy atom. The lowest BCUT2D eigenvalue weighted by Gasteiger charge is -2.24. The van der Waals surface area contributed by atoms with Gasteiger partial charge in [-0.2, -0.15) is 0 Å².